The van der Waals surface area contributed by atoms with Crippen molar-refractivity contribution in [1.29, 1.82) is 0 Å². The van der Waals surface area contributed by atoms with Crippen LogP contribution in [0.15, 0.2) is 97.2 Å². The van der Waals surface area contributed by atoms with Crippen molar-refractivity contribution in [3.63, 3.8) is 0 Å². The molecule has 60 heavy (non-hydrogen) atoms. The Hall–Kier alpha value is -3.67. The second-order valence-electron chi connectivity index (χ2n) is 15.8. The van der Waals surface area contributed by atoms with Crippen molar-refractivity contribution in [3.05, 3.63) is 97.2 Å². The summed E-state index contributed by atoms with van der Waals surface area (Å²) >= 11 is 0. The maximum Gasteiger partial charge on any atom is 0.306 e. The van der Waals surface area contributed by atoms with Crippen molar-refractivity contribution in [1.82, 2.24) is 0 Å². The number of ether oxygens (including phenoxy) is 3. The molecule has 6 nitrogen and oxygen atoms in total. The van der Waals surface area contributed by atoms with Gasteiger partial charge in [0, 0.05) is 19.3 Å². The molecule has 1 atom stereocenters. The van der Waals surface area contributed by atoms with Gasteiger partial charge < -0.3 is 14.2 Å². The van der Waals surface area contributed by atoms with E-state index in [0.717, 1.165) is 83.5 Å². The van der Waals surface area contributed by atoms with Gasteiger partial charge >= 0.3 is 17.9 Å². The molecule has 0 aromatic heterocycles. The number of hydrogen-bond acceptors (Lipinski definition) is 6. The zero-order valence-electron chi connectivity index (χ0n) is 38.7. The van der Waals surface area contributed by atoms with Crippen LogP contribution in [0.5, 0.6) is 0 Å². The van der Waals surface area contributed by atoms with Gasteiger partial charge in [0.1, 0.15) is 13.2 Å². The van der Waals surface area contributed by atoms with Crippen LogP contribution in [0.2, 0.25) is 0 Å². The van der Waals surface area contributed by atoms with Gasteiger partial charge in [-0.15, -0.1) is 0 Å². The molecular formula is C54H88O6. The van der Waals surface area contributed by atoms with Crippen molar-refractivity contribution >= 4 is 17.9 Å². The lowest BCUT2D eigenvalue weighted by Crippen LogP contribution is -2.30. The molecule has 0 aliphatic rings. The number of rotatable bonds is 42. The Kier molecular flexibility index (Phi) is 45.1. The Morgan fingerprint density at radius 3 is 1.18 bits per heavy atom. The normalized spacial score (nSPS) is 12.9. The molecule has 0 aliphatic heterocycles. The Morgan fingerprint density at radius 2 is 0.700 bits per heavy atom. The molecule has 0 heterocycles. The highest BCUT2D eigenvalue weighted by molar-refractivity contribution is 5.71. The minimum atomic E-state index is -0.823. The molecule has 0 amide bonds. The van der Waals surface area contributed by atoms with Gasteiger partial charge in [0.05, 0.1) is 0 Å². The van der Waals surface area contributed by atoms with Crippen LogP contribution in [-0.4, -0.2) is 37.2 Å². The molecule has 0 aliphatic carbocycles. The fourth-order valence-corrected chi connectivity index (χ4v) is 6.27. The first kappa shape index (κ1) is 56.3. The Balaban J connectivity index is 4.50. The van der Waals surface area contributed by atoms with Crippen LogP contribution >= 0.6 is 0 Å². The number of allylic oxidation sites excluding steroid dienone is 16. The van der Waals surface area contributed by atoms with Crippen molar-refractivity contribution in [2.24, 2.45) is 0 Å². The predicted octanol–water partition coefficient (Wildman–Crippen LogP) is 15.8. The van der Waals surface area contributed by atoms with E-state index in [0.29, 0.717) is 19.3 Å². The van der Waals surface area contributed by atoms with Gasteiger partial charge in [-0.3, -0.25) is 14.4 Å². The largest absolute Gasteiger partial charge is 0.462 e. The summed E-state index contributed by atoms with van der Waals surface area (Å²) < 4.78 is 16.6. The first-order chi connectivity index (χ1) is 29.5. The van der Waals surface area contributed by atoms with E-state index in [4.69, 9.17) is 14.2 Å². The second kappa shape index (κ2) is 48.0. The molecular weight excluding hydrogens is 745 g/mol. The van der Waals surface area contributed by atoms with Crippen molar-refractivity contribution in [2.45, 2.75) is 213 Å². The highest BCUT2D eigenvalue weighted by Crippen LogP contribution is 2.12. The predicted molar refractivity (Wildman–Crippen MR) is 256 cm³/mol. The number of esters is 3. The highest BCUT2D eigenvalue weighted by Gasteiger charge is 2.19. The molecule has 0 aromatic rings. The van der Waals surface area contributed by atoms with Gasteiger partial charge in [0.15, 0.2) is 6.10 Å². The maximum absolute atomic E-state index is 12.7. The fraction of sp³-hybridized carbons (Fsp3) is 0.648. The molecule has 0 saturated carbocycles. The third-order valence-corrected chi connectivity index (χ3v) is 9.95. The Bertz CT molecular complexity index is 1230. The van der Waals surface area contributed by atoms with Crippen LogP contribution in [-0.2, 0) is 28.6 Å². The molecule has 0 saturated heterocycles. The minimum absolute atomic E-state index is 0.117. The van der Waals surface area contributed by atoms with Gasteiger partial charge in [0.2, 0.25) is 0 Å². The lowest BCUT2D eigenvalue weighted by molar-refractivity contribution is -0.167. The smallest absolute Gasteiger partial charge is 0.306 e. The summed E-state index contributed by atoms with van der Waals surface area (Å²) in [6.07, 6.45) is 62.6. The highest BCUT2D eigenvalue weighted by atomic mass is 16.6. The van der Waals surface area contributed by atoms with Crippen LogP contribution in [0.3, 0.4) is 0 Å². The van der Waals surface area contributed by atoms with Crippen LogP contribution in [0.4, 0.5) is 0 Å². The van der Waals surface area contributed by atoms with Gasteiger partial charge in [-0.2, -0.15) is 0 Å². The van der Waals surface area contributed by atoms with Crippen LogP contribution in [0, 0.1) is 0 Å². The quantitative estimate of drug-likeness (QED) is 0.0200. The standard InChI is InChI=1S/C54H88O6/c1-4-7-10-13-16-19-22-24-25-26-27-28-30-32-35-38-41-44-47-53(56)59-50-51(49-58-52(55)46-43-40-37-34-31-21-18-15-12-9-6-3)60-54(57)48-45-42-39-36-33-29-23-20-17-14-11-8-5-2/h8,11,14-15,17-18,20,23,25-29,33,36,39,51H,4-7,9-10,12-13,16,19,21-22,24,30-32,34-35,37-38,40-50H2,1-3H3/b11-8-,17-14-,18-15-,23-20-,26-25-,28-27-,33-29-,39-36-. The third kappa shape index (κ3) is 45.4. The number of carbonyl (C=O) groups excluding carboxylic acids is 3. The summed E-state index contributed by atoms with van der Waals surface area (Å²) in [7, 11) is 0. The van der Waals surface area contributed by atoms with E-state index in [1.165, 1.54) is 77.0 Å². The molecule has 0 N–H and O–H groups in total. The average molecular weight is 833 g/mol. The van der Waals surface area contributed by atoms with Crippen LogP contribution < -0.4 is 0 Å². The van der Waals surface area contributed by atoms with E-state index in [9.17, 15) is 14.4 Å². The zero-order chi connectivity index (χ0) is 43.7. The minimum Gasteiger partial charge on any atom is -0.462 e. The molecule has 0 spiro atoms. The number of unbranched alkanes of at least 4 members (excludes halogenated alkanes) is 20. The topological polar surface area (TPSA) is 78.9 Å². The Morgan fingerprint density at radius 1 is 0.350 bits per heavy atom. The summed E-state index contributed by atoms with van der Waals surface area (Å²) in [4.78, 5) is 37.8. The zero-order valence-corrected chi connectivity index (χ0v) is 38.7. The molecule has 0 fully saturated rings. The average Bonchev–Trinajstić information content (AvgIpc) is 3.24. The lowest BCUT2D eigenvalue weighted by Gasteiger charge is -2.18. The van der Waals surface area contributed by atoms with E-state index < -0.39 is 12.1 Å². The van der Waals surface area contributed by atoms with Crippen LogP contribution in [0.25, 0.3) is 0 Å². The van der Waals surface area contributed by atoms with Crippen LogP contribution in [0.1, 0.15) is 207 Å². The first-order valence-corrected chi connectivity index (χ1v) is 24.3. The van der Waals surface area contributed by atoms with E-state index in [2.05, 4.69) is 63.3 Å². The van der Waals surface area contributed by atoms with Gasteiger partial charge in [-0.05, 0) is 77.0 Å². The van der Waals surface area contributed by atoms with E-state index in [-0.39, 0.29) is 31.6 Å². The summed E-state index contributed by atoms with van der Waals surface area (Å²) in [5.41, 5.74) is 0. The Labute approximate surface area is 368 Å². The molecule has 340 valence electrons. The fourth-order valence-electron chi connectivity index (χ4n) is 6.27. The SMILES string of the molecule is CC\C=C/C=C\C=C/C=C\C=C/CCCC(=O)OC(COC(=O)CCCCCCC/C=C\C=C/CCCCCCCCC)COC(=O)CCCCCCC/C=C\CCCC. The van der Waals surface area contributed by atoms with Gasteiger partial charge in [-0.1, -0.05) is 208 Å². The molecule has 1 unspecified atom stereocenters. The van der Waals surface area contributed by atoms with E-state index in [1.807, 2.05) is 54.7 Å². The lowest BCUT2D eigenvalue weighted by atomic mass is 10.1. The van der Waals surface area contributed by atoms with Crippen molar-refractivity contribution < 1.29 is 28.6 Å². The second-order valence-corrected chi connectivity index (χ2v) is 15.8. The van der Waals surface area contributed by atoms with Gasteiger partial charge in [0.25, 0.3) is 0 Å². The van der Waals surface area contributed by atoms with Crippen molar-refractivity contribution in [2.75, 3.05) is 13.2 Å². The molecule has 0 rings (SSSR count). The summed E-state index contributed by atoms with van der Waals surface area (Å²) in [5.74, 6) is -1.02. The van der Waals surface area contributed by atoms with Gasteiger partial charge in [-0.25, -0.2) is 0 Å². The third-order valence-electron chi connectivity index (χ3n) is 9.95. The first-order valence-electron chi connectivity index (χ1n) is 24.3. The molecule has 0 bridgehead atoms. The number of carbonyl (C=O) groups is 3. The molecule has 0 aromatic carbocycles. The summed E-state index contributed by atoms with van der Waals surface area (Å²) in [5, 5.41) is 0. The molecule has 6 heteroatoms. The van der Waals surface area contributed by atoms with E-state index >= 15 is 0 Å². The van der Waals surface area contributed by atoms with Crippen molar-refractivity contribution in [3.8, 4) is 0 Å². The monoisotopic (exact) mass is 833 g/mol. The van der Waals surface area contributed by atoms with E-state index in [1.54, 1.807) is 0 Å². The molecule has 0 radical (unpaired) electrons. The number of hydrogen-bond donors (Lipinski definition) is 0. The maximum atomic E-state index is 12.7. The summed E-state index contributed by atoms with van der Waals surface area (Å²) in [6, 6.07) is 0. The summed E-state index contributed by atoms with van der Waals surface area (Å²) in [6.45, 7) is 6.35.